The first-order chi connectivity index (χ1) is 8.79. The molecule has 0 saturated carbocycles. The van der Waals surface area contributed by atoms with E-state index in [0.29, 0.717) is 6.04 Å². The molecular weight excluding hydrogens is 242 g/mol. The highest BCUT2D eigenvalue weighted by Crippen LogP contribution is 2.30. The van der Waals surface area contributed by atoms with Gasteiger partial charge >= 0.3 is 0 Å². The molecule has 94 valence electrons. The highest BCUT2D eigenvalue weighted by molar-refractivity contribution is 7.99. The molecule has 1 aromatic heterocycles. The van der Waals surface area contributed by atoms with Crippen molar-refractivity contribution < 1.29 is 0 Å². The van der Waals surface area contributed by atoms with Gasteiger partial charge in [0.25, 0.3) is 0 Å². The molecule has 1 aliphatic carbocycles. The van der Waals surface area contributed by atoms with E-state index >= 15 is 0 Å². The maximum absolute atomic E-state index is 9.34. The summed E-state index contributed by atoms with van der Waals surface area (Å²) in [6, 6.07) is 4.88. The molecule has 0 N–H and O–H groups in total. The van der Waals surface area contributed by atoms with E-state index in [1.807, 2.05) is 11.8 Å². The zero-order valence-electron chi connectivity index (χ0n) is 10.6. The number of nitriles is 1. The summed E-state index contributed by atoms with van der Waals surface area (Å²) in [4.78, 5) is 7.11. The van der Waals surface area contributed by atoms with Gasteiger partial charge in [-0.05, 0) is 37.8 Å². The minimum Gasteiger partial charge on any atom is -0.351 e. The fourth-order valence-electron chi connectivity index (χ4n) is 2.80. The van der Waals surface area contributed by atoms with Crippen LogP contribution in [0.15, 0.2) is 6.07 Å². The van der Waals surface area contributed by atoms with Crippen LogP contribution in [0.3, 0.4) is 0 Å². The lowest BCUT2D eigenvalue weighted by Gasteiger charge is -2.34. The van der Waals surface area contributed by atoms with Gasteiger partial charge in [0.15, 0.2) is 0 Å². The molecule has 0 aromatic carbocycles. The number of fused-ring (bicyclic) bond motifs is 1. The first-order valence-electron chi connectivity index (χ1n) is 6.57. The zero-order valence-corrected chi connectivity index (χ0v) is 11.5. The van der Waals surface area contributed by atoms with Crippen LogP contribution in [0.4, 0.5) is 5.82 Å². The van der Waals surface area contributed by atoms with E-state index in [-0.39, 0.29) is 0 Å². The van der Waals surface area contributed by atoms with Gasteiger partial charge in [0.05, 0.1) is 5.56 Å². The first-order valence-corrected chi connectivity index (χ1v) is 7.72. The molecular formula is C14H17N3S. The van der Waals surface area contributed by atoms with E-state index < -0.39 is 0 Å². The molecule has 0 bridgehead atoms. The molecule has 1 atom stereocenters. The van der Waals surface area contributed by atoms with Crippen molar-refractivity contribution in [2.24, 2.45) is 0 Å². The van der Waals surface area contributed by atoms with Crippen LogP contribution in [-0.2, 0) is 12.8 Å². The van der Waals surface area contributed by atoms with Crippen molar-refractivity contribution in [3.8, 4) is 6.07 Å². The van der Waals surface area contributed by atoms with Gasteiger partial charge in [-0.1, -0.05) is 0 Å². The Bertz CT molecular complexity index is 506. The van der Waals surface area contributed by atoms with Crippen LogP contribution in [0.2, 0.25) is 0 Å². The summed E-state index contributed by atoms with van der Waals surface area (Å²) >= 11 is 1.99. The summed E-state index contributed by atoms with van der Waals surface area (Å²) in [6.07, 6.45) is 3.34. The zero-order chi connectivity index (χ0) is 12.5. The van der Waals surface area contributed by atoms with E-state index in [4.69, 9.17) is 4.98 Å². The maximum atomic E-state index is 9.34. The summed E-state index contributed by atoms with van der Waals surface area (Å²) in [7, 11) is 0. The Kier molecular flexibility index (Phi) is 3.17. The van der Waals surface area contributed by atoms with Gasteiger partial charge in [0, 0.05) is 29.8 Å². The first kappa shape index (κ1) is 11.9. The summed E-state index contributed by atoms with van der Waals surface area (Å²) in [5.74, 6) is 3.18. The number of thioether (sulfide) groups is 1. The normalized spacial score (nSPS) is 22.7. The molecule has 0 radical (unpaired) electrons. The van der Waals surface area contributed by atoms with Gasteiger partial charge in [-0.15, -0.1) is 0 Å². The summed E-state index contributed by atoms with van der Waals surface area (Å²) in [5.41, 5.74) is 3.26. The summed E-state index contributed by atoms with van der Waals surface area (Å²) < 4.78 is 0. The number of hydrogen-bond acceptors (Lipinski definition) is 4. The van der Waals surface area contributed by atoms with Crippen molar-refractivity contribution in [2.45, 2.75) is 32.2 Å². The van der Waals surface area contributed by atoms with Gasteiger partial charge < -0.3 is 4.90 Å². The number of rotatable bonds is 1. The number of anilines is 1. The predicted molar refractivity (Wildman–Crippen MR) is 75.1 cm³/mol. The molecule has 0 amide bonds. The number of nitrogens with zero attached hydrogens (tertiary/aromatic N) is 3. The van der Waals surface area contributed by atoms with Crippen molar-refractivity contribution in [3.63, 3.8) is 0 Å². The fraction of sp³-hybridized carbons (Fsp3) is 0.571. The fourth-order valence-corrected chi connectivity index (χ4v) is 3.82. The third-order valence-electron chi connectivity index (χ3n) is 3.79. The molecule has 1 saturated heterocycles. The lowest BCUT2D eigenvalue weighted by atomic mass is 10.1. The highest BCUT2D eigenvalue weighted by Gasteiger charge is 2.25. The Balaban J connectivity index is 2.02. The Morgan fingerprint density at radius 1 is 1.50 bits per heavy atom. The van der Waals surface area contributed by atoms with E-state index in [9.17, 15) is 5.26 Å². The van der Waals surface area contributed by atoms with Gasteiger partial charge in [-0.2, -0.15) is 17.0 Å². The van der Waals surface area contributed by atoms with Crippen molar-refractivity contribution >= 4 is 17.6 Å². The lowest BCUT2D eigenvalue weighted by molar-refractivity contribution is 0.686. The molecule has 2 heterocycles. The second kappa shape index (κ2) is 4.81. The van der Waals surface area contributed by atoms with Crippen LogP contribution in [0, 0.1) is 11.3 Å². The highest BCUT2D eigenvalue weighted by atomic mass is 32.2. The number of pyridine rings is 1. The van der Waals surface area contributed by atoms with Crippen LogP contribution in [0.1, 0.15) is 30.2 Å². The van der Waals surface area contributed by atoms with Crippen molar-refractivity contribution in [3.05, 3.63) is 22.9 Å². The molecule has 1 aliphatic heterocycles. The van der Waals surface area contributed by atoms with E-state index in [1.54, 1.807) is 0 Å². The van der Waals surface area contributed by atoms with Crippen molar-refractivity contribution in [2.75, 3.05) is 23.0 Å². The molecule has 4 heteroatoms. The Morgan fingerprint density at radius 2 is 2.39 bits per heavy atom. The number of hydrogen-bond donors (Lipinski definition) is 0. The summed E-state index contributed by atoms with van der Waals surface area (Å²) in [6.45, 7) is 3.23. The smallest absolute Gasteiger partial charge is 0.147 e. The number of aryl methyl sites for hydroxylation is 2. The Hall–Kier alpha value is -1.21. The quantitative estimate of drug-likeness (QED) is 0.776. The van der Waals surface area contributed by atoms with Gasteiger partial charge in [0.2, 0.25) is 0 Å². The standard InChI is InChI=1S/C14H17N3S/c1-10-9-18-6-5-17(10)14-12(8-15)7-11-3-2-4-13(11)16-14/h7,10H,2-6,9H2,1H3. The van der Waals surface area contributed by atoms with Gasteiger partial charge in [-0.3, -0.25) is 0 Å². The molecule has 18 heavy (non-hydrogen) atoms. The van der Waals surface area contributed by atoms with Crippen LogP contribution >= 0.6 is 11.8 Å². The second-order valence-corrected chi connectivity index (χ2v) is 6.20. The lowest BCUT2D eigenvalue weighted by Crippen LogP contribution is -2.41. The van der Waals surface area contributed by atoms with Crippen molar-refractivity contribution in [1.29, 1.82) is 5.26 Å². The molecule has 3 rings (SSSR count). The largest absolute Gasteiger partial charge is 0.351 e. The van der Waals surface area contributed by atoms with Crippen LogP contribution < -0.4 is 4.90 Å². The predicted octanol–water partition coefficient (Wildman–Crippen LogP) is 2.38. The topological polar surface area (TPSA) is 39.9 Å². The van der Waals surface area contributed by atoms with E-state index in [0.717, 1.165) is 42.3 Å². The second-order valence-electron chi connectivity index (χ2n) is 5.05. The Labute approximate surface area is 112 Å². The Morgan fingerprint density at radius 3 is 3.17 bits per heavy atom. The minimum absolute atomic E-state index is 0.475. The van der Waals surface area contributed by atoms with E-state index in [2.05, 4.69) is 24.0 Å². The molecule has 0 spiro atoms. The molecule has 1 unspecified atom stereocenters. The molecule has 2 aliphatic rings. The van der Waals surface area contributed by atoms with Crippen LogP contribution in [-0.4, -0.2) is 29.1 Å². The summed E-state index contributed by atoms with van der Waals surface area (Å²) in [5, 5.41) is 9.34. The molecule has 3 nitrogen and oxygen atoms in total. The minimum atomic E-state index is 0.475. The van der Waals surface area contributed by atoms with E-state index in [1.165, 1.54) is 17.7 Å². The maximum Gasteiger partial charge on any atom is 0.147 e. The van der Waals surface area contributed by atoms with Crippen molar-refractivity contribution in [1.82, 2.24) is 4.98 Å². The third kappa shape index (κ3) is 1.97. The molecule has 1 fully saturated rings. The number of aromatic nitrogens is 1. The average Bonchev–Trinajstić information content (AvgIpc) is 2.85. The monoisotopic (exact) mass is 259 g/mol. The van der Waals surface area contributed by atoms with Crippen LogP contribution in [0.25, 0.3) is 0 Å². The third-order valence-corrected chi connectivity index (χ3v) is 4.98. The SMILES string of the molecule is CC1CSCCN1c1nc2c(cc1C#N)CCC2. The average molecular weight is 259 g/mol. The molecule has 1 aromatic rings. The van der Waals surface area contributed by atoms with Crippen LogP contribution in [0.5, 0.6) is 0 Å². The van der Waals surface area contributed by atoms with Gasteiger partial charge in [0.1, 0.15) is 11.9 Å². The van der Waals surface area contributed by atoms with Gasteiger partial charge in [-0.25, -0.2) is 4.98 Å².